The lowest BCUT2D eigenvalue weighted by Gasteiger charge is -2.24. The third kappa shape index (κ3) is 4.79. The zero-order valence-corrected chi connectivity index (χ0v) is 11.7. The molecule has 100 valence electrons. The van der Waals surface area contributed by atoms with Crippen molar-refractivity contribution in [2.24, 2.45) is 0 Å². The average Bonchev–Trinajstić information content (AvgIpc) is 3.21. The highest BCUT2D eigenvalue weighted by atomic mass is 15.1. The first kappa shape index (κ1) is 13.6. The predicted molar refractivity (Wildman–Crippen MR) is 77.9 cm³/mol. The molecule has 0 radical (unpaired) electrons. The van der Waals surface area contributed by atoms with Crippen LogP contribution in [0.4, 0.5) is 0 Å². The lowest BCUT2D eigenvalue weighted by Crippen LogP contribution is -2.34. The van der Waals surface area contributed by atoms with Gasteiger partial charge in [-0.25, -0.2) is 0 Å². The van der Waals surface area contributed by atoms with Crippen molar-refractivity contribution >= 4 is 0 Å². The van der Waals surface area contributed by atoms with Gasteiger partial charge < -0.3 is 10.2 Å². The van der Waals surface area contributed by atoms with Crippen molar-refractivity contribution in [3.63, 3.8) is 0 Å². The summed E-state index contributed by atoms with van der Waals surface area (Å²) in [5, 5.41) is 3.59. The van der Waals surface area contributed by atoms with Gasteiger partial charge in [-0.05, 0) is 51.8 Å². The highest BCUT2D eigenvalue weighted by molar-refractivity contribution is 5.14. The second-order valence-corrected chi connectivity index (χ2v) is 5.58. The van der Waals surface area contributed by atoms with Gasteiger partial charge in [-0.1, -0.05) is 30.3 Å². The third-order valence-electron chi connectivity index (χ3n) is 3.92. The van der Waals surface area contributed by atoms with E-state index in [1.807, 2.05) is 0 Å². The maximum absolute atomic E-state index is 3.59. The molecule has 1 aromatic carbocycles. The van der Waals surface area contributed by atoms with E-state index in [0.717, 1.165) is 19.0 Å². The molecule has 0 bridgehead atoms. The topological polar surface area (TPSA) is 15.3 Å². The Labute approximate surface area is 111 Å². The molecule has 1 N–H and O–H groups in total. The minimum absolute atomic E-state index is 0.667. The molecule has 0 aliphatic heterocycles. The van der Waals surface area contributed by atoms with Crippen LogP contribution in [0.5, 0.6) is 0 Å². The summed E-state index contributed by atoms with van der Waals surface area (Å²) in [4.78, 5) is 2.47. The number of rotatable bonds is 8. The molecule has 2 heteroatoms. The number of nitrogens with zero attached hydrogens (tertiary/aromatic N) is 1. The van der Waals surface area contributed by atoms with Crippen LogP contribution in [-0.4, -0.2) is 37.1 Å². The van der Waals surface area contributed by atoms with E-state index < -0.39 is 0 Å². The van der Waals surface area contributed by atoms with Crippen LogP contribution < -0.4 is 5.32 Å². The Morgan fingerprint density at radius 2 is 2.00 bits per heavy atom. The van der Waals surface area contributed by atoms with E-state index in [2.05, 4.69) is 54.5 Å². The van der Waals surface area contributed by atoms with E-state index >= 15 is 0 Å². The van der Waals surface area contributed by atoms with Crippen molar-refractivity contribution in [3.8, 4) is 0 Å². The average molecular weight is 246 g/mol. The molecule has 1 atom stereocenters. The highest BCUT2D eigenvalue weighted by Gasteiger charge is 2.20. The molecule has 1 aliphatic rings. The minimum Gasteiger partial charge on any atom is -0.314 e. The molecule has 18 heavy (non-hydrogen) atoms. The summed E-state index contributed by atoms with van der Waals surface area (Å²) in [7, 11) is 2.24. The summed E-state index contributed by atoms with van der Waals surface area (Å²) >= 11 is 0. The molecular weight excluding hydrogens is 220 g/mol. The molecule has 0 heterocycles. The molecular formula is C16H26N2. The minimum atomic E-state index is 0.667. The van der Waals surface area contributed by atoms with Crippen LogP contribution in [0.1, 0.15) is 31.7 Å². The van der Waals surface area contributed by atoms with E-state index in [4.69, 9.17) is 0 Å². The molecule has 0 aromatic heterocycles. The van der Waals surface area contributed by atoms with Crippen LogP contribution in [0.2, 0.25) is 0 Å². The molecule has 1 fully saturated rings. The van der Waals surface area contributed by atoms with Gasteiger partial charge in [0, 0.05) is 18.6 Å². The van der Waals surface area contributed by atoms with Crippen LogP contribution >= 0.6 is 0 Å². The third-order valence-corrected chi connectivity index (χ3v) is 3.92. The van der Waals surface area contributed by atoms with Crippen molar-refractivity contribution in [3.05, 3.63) is 35.9 Å². The maximum atomic E-state index is 3.59. The number of hydrogen-bond donors (Lipinski definition) is 1. The van der Waals surface area contributed by atoms with Crippen molar-refractivity contribution in [2.45, 2.75) is 44.7 Å². The standard InChI is InChI=1S/C16H26N2/c1-14(10-12-17-16-8-9-16)18(2)13-11-15-6-4-3-5-7-15/h3-7,14,16-17H,8-13H2,1-2H3. The Morgan fingerprint density at radius 3 is 2.67 bits per heavy atom. The number of likely N-dealkylation sites (N-methyl/N-ethyl adjacent to an activating group) is 1. The van der Waals surface area contributed by atoms with Gasteiger partial charge in [0.25, 0.3) is 0 Å². The molecule has 0 spiro atoms. The van der Waals surface area contributed by atoms with E-state index in [-0.39, 0.29) is 0 Å². The van der Waals surface area contributed by atoms with Gasteiger partial charge in [0.15, 0.2) is 0 Å². The Kier molecular flexibility index (Phi) is 5.21. The van der Waals surface area contributed by atoms with Gasteiger partial charge in [0.2, 0.25) is 0 Å². The van der Waals surface area contributed by atoms with Gasteiger partial charge in [0.1, 0.15) is 0 Å². The fourth-order valence-corrected chi connectivity index (χ4v) is 2.17. The first-order valence-electron chi connectivity index (χ1n) is 7.23. The van der Waals surface area contributed by atoms with Crippen molar-refractivity contribution < 1.29 is 0 Å². The zero-order chi connectivity index (χ0) is 12.8. The molecule has 2 nitrogen and oxygen atoms in total. The fourth-order valence-electron chi connectivity index (χ4n) is 2.17. The van der Waals surface area contributed by atoms with Gasteiger partial charge >= 0.3 is 0 Å². The van der Waals surface area contributed by atoms with E-state index in [1.54, 1.807) is 0 Å². The largest absolute Gasteiger partial charge is 0.314 e. The highest BCUT2D eigenvalue weighted by Crippen LogP contribution is 2.18. The molecule has 2 rings (SSSR count). The van der Waals surface area contributed by atoms with Crippen LogP contribution in [0.25, 0.3) is 0 Å². The van der Waals surface area contributed by atoms with Crippen molar-refractivity contribution in [2.75, 3.05) is 20.1 Å². The number of nitrogens with one attached hydrogen (secondary N) is 1. The smallest absolute Gasteiger partial charge is 0.00760 e. The molecule has 1 saturated carbocycles. The van der Waals surface area contributed by atoms with Gasteiger partial charge in [-0.3, -0.25) is 0 Å². The Bertz CT molecular complexity index is 332. The molecule has 1 aromatic rings. The summed E-state index contributed by atoms with van der Waals surface area (Å²) in [6.45, 7) is 4.65. The Hall–Kier alpha value is -0.860. The van der Waals surface area contributed by atoms with E-state index in [1.165, 1.54) is 31.4 Å². The first-order chi connectivity index (χ1) is 8.75. The van der Waals surface area contributed by atoms with Crippen molar-refractivity contribution in [1.82, 2.24) is 10.2 Å². The summed E-state index contributed by atoms with van der Waals surface area (Å²) in [6, 6.07) is 12.3. The molecule has 0 saturated heterocycles. The lowest BCUT2D eigenvalue weighted by atomic mass is 10.1. The quantitative estimate of drug-likeness (QED) is 0.758. The zero-order valence-electron chi connectivity index (χ0n) is 11.7. The normalized spacial score (nSPS) is 17.1. The first-order valence-corrected chi connectivity index (χ1v) is 7.23. The lowest BCUT2D eigenvalue weighted by molar-refractivity contribution is 0.247. The van der Waals surface area contributed by atoms with E-state index in [9.17, 15) is 0 Å². The van der Waals surface area contributed by atoms with E-state index in [0.29, 0.717) is 6.04 Å². The molecule has 0 amide bonds. The van der Waals surface area contributed by atoms with Gasteiger partial charge in [-0.2, -0.15) is 0 Å². The van der Waals surface area contributed by atoms with Gasteiger partial charge in [0.05, 0.1) is 0 Å². The second kappa shape index (κ2) is 6.91. The second-order valence-electron chi connectivity index (χ2n) is 5.58. The van der Waals surface area contributed by atoms with Crippen LogP contribution in [0.15, 0.2) is 30.3 Å². The van der Waals surface area contributed by atoms with Gasteiger partial charge in [-0.15, -0.1) is 0 Å². The molecule has 1 aliphatic carbocycles. The number of benzene rings is 1. The van der Waals surface area contributed by atoms with Crippen molar-refractivity contribution in [1.29, 1.82) is 0 Å². The Morgan fingerprint density at radius 1 is 1.28 bits per heavy atom. The van der Waals surface area contributed by atoms with Crippen LogP contribution in [0, 0.1) is 0 Å². The summed E-state index contributed by atoms with van der Waals surface area (Å²) in [5.41, 5.74) is 1.44. The molecule has 1 unspecified atom stereocenters. The summed E-state index contributed by atoms with van der Waals surface area (Å²) in [6.07, 6.45) is 5.18. The summed E-state index contributed by atoms with van der Waals surface area (Å²) < 4.78 is 0. The SMILES string of the molecule is CC(CCNC1CC1)N(C)CCc1ccccc1. The van der Waals surface area contributed by atoms with Crippen LogP contribution in [-0.2, 0) is 6.42 Å². The summed E-state index contributed by atoms with van der Waals surface area (Å²) in [5.74, 6) is 0. The fraction of sp³-hybridized carbons (Fsp3) is 0.625. The monoisotopic (exact) mass is 246 g/mol. The van der Waals surface area contributed by atoms with Crippen LogP contribution in [0.3, 0.4) is 0 Å². The Balaban J connectivity index is 1.61. The number of hydrogen-bond acceptors (Lipinski definition) is 2. The maximum Gasteiger partial charge on any atom is 0.00760 e. The predicted octanol–water partition coefficient (Wildman–Crippen LogP) is 2.69.